The molecule has 0 aliphatic carbocycles. The second-order valence-corrected chi connectivity index (χ2v) is 5.80. The van der Waals surface area contributed by atoms with Crippen LogP contribution >= 0.6 is 0 Å². The number of rotatable bonds is 2. The van der Waals surface area contributed by atoms with Crippen molar-refractivity contribution in [2.45, 2.75) is 12.8 Å². The van der Waals surface area contributed by atoms with Crippen molar-refractivity contribution < 1.29 is 9.84 Å². The molecule has 5 N–H and O–H groups in total. The summed E-state index contributed by atoms with van der Waals surface area (Å²) in [5.41, 5.74) is 1.46. The van der Waals surface area contributed by atoms with Crippen LogP contribution in [-0.2, 0) is 0 Å². The Morgan fingerprint density at radius 1 is 1.20 bits per heavy atom. The van der Waals surface area contributed by atoms with Crippen LogP contribution in [0.1, 0.15) is 28.3 Å². The van der Waals surface area contributed by atoms with Gasteiger partial charge < -0.3 is 15.2 Å². The monoisotopic (exact) mass is 341 g/mol. The van der Waals surface area contributed by atoms with Crippen molar-refractivity contribution in [2.75, 3.05) is 12.4 Å². The van der Waals surface area contributed by atoms with Crippen LogP contribution in [0.4, 0.5) is 11.6 Å². The molecule has 3 aromatic rings. The zero-order valence-corrected chi connectivity index (χ0v) is 13.4. The lowest BCUT2D eigenvalue weighted by Crippen LogP contribution is -2.31. The van der Waals surface area contributed by atoms with Gasteiger partial charge in [-0.3, -0.25) is 19.9 Å². The van der Waals surface area contributed by atoms with Crippen molar-refractivity contribution in [1.82, 2.24) is 20.2 Å². The van der Waals surface area contributed by atoms with Gasteiger partial charge in [0.15, 0.2) is 17.3 Å². The van der Waals surface area contributed by atoms with E-state index in [2.05, 4.69) is 25.5 Å². The minimum absolute atomic E-state index is 0.0383. The molecule has 3 heterocycles. The summed E-state index contributed by atoms with van der Waals surface area (Å²) >= 11 is 0. The molecule has 25 heavy (non-hydrogen) atoms. The zero-order chi connectivity index (χ0) is 17.7. The highest BCUT2D eigenvalue weighted by Gasteiger charge is 2.34. The van der Waals surface area contributed by atoms with E-state index in [0.717, 1.165) is 11.3 Å². The molecule has 1 aliphatic rings. The summed E-state index contributed by atoms with van der Waals surface area (Å²) in [6, 6.07) is 4.93. The SMILES string of the molecule is COc1ccc(C2c3c(n[nH]c3C)Nc3[nH]c(=O)[nH]c(=O)c32)cc1O. The smallest absolute Gasteiger partial charge is 0.327 e. The molecule has 1 atom stereocenters. The van der Waals surface area contributed by atoms with Gasteiger partial charge in [-0.2, -0.15) is 5.10 Å². The fraction of sp³-hybridized carbons (Fsp3) is 0.188. The van der Waals surface area contributed by atoms with Gasteiger partial charge >= 0.3 is 5.69 Å². The Morgan fingerprint density at radius 2 is 2.00 bits per heavy atom. The number of nitrogens with one attached hydrogen (secondary N) is 4. The number of aromatic hydroxyl groups is 1. The van der Waals surface area contributed by atoms with E-state index in [-0.39, 0.29) is 11.6 Å². The van der Waals surface area contributed by atoms with Gasteiger partial charge in [-0.25, -0.2) is 4.79 Å². The van der Waals surface area contributed by atoms with Crippen LogP contribution < -0.4 is 21.3 Å². The summed E-state index contributed by atoms with van der Waals surface area (Å²) in [5.74, 6) is 0.586. The fourth-order valence-electron chi connectivity index (χ4n) is 3.24. The van der Waals surface area contributed by atoms with E-state index in [1.165, 1.54) is 7.11 Å². The normalized spacial score (nSPS) is 15.2. The molecule has 9 heteroatoms. The van der Waals surface area contributed by atoms with Crippen LogP contribution in [0.15, 0.2) is 27.8 Å². The van der Waals surface area contributed by atoms with Crippen LogP contribution in [0.2, 0.25) is 0 Å². The third-order valence-corrected chi connectivity index (χ3v) is 4.33. The first-order valence-electron chi connectivity index (χ1n) is 7.55. The van der Waals surface area contributed by atoms with Crippen LogP contribution in [0.25, 0.3) is 0 Å². The Kier molecular flexibility index (Phi) is 3.17. The Morgan fingerprint density at radius 3 is 2.72 bits per heavy atom. The van der Waals surface area contributed by atoms with Gasteiger partial charge in [-0.1, -0.05) is 6.07 Å². The molecule has 0 saturated carbocycles. The first-order chi connectivity index (χ1) is 12.0. The number of hydrogen-bond acceptors (Lipinski definition) is 6. The molecule has 1 unspecified atom stereocenters. The number of aromatic nitrogens is 4. The van der Waals surface area contributed by atoms with Crippen LogP contribution in [-0.4, -0.2) is 32.4 Å². The number of benzene rings is 1. The second kappa shape index (κ2) is 5.26. The average Bonchev–Trinajstić information content (AvgIpc) is 2.93. The second-order valence-electron chi connectivity index (χ2n) is 5.80. The van der Waals surface area contributed by atoms with Gasteiger partial charge in [0.05, 0.1) is 12.7 Å². The molecule has 0 amide bonds. The number of phenolic OH excluding ortho intramolecular Hbond substituents is 1. The average molecular weight is 341 g/mol. The van der Waals surface area contributed by atoms with E-state index in [4.69, 9.17) is 4.74 Å². The molecule has 9 nitrogen and oxygen atoms in total. The molecular weight excluding hydrogens is 326 g/mol. The third kappa shape index (κ3) is 2.20. The number of nitrogens with zero attached hydrogens (tertiary/aromatic N) is 1. The maximum absolute atomic E-state index is 12.5. The Bertz CT molecular complexity index is 1090. The number of methoxy groups -OCH3 is 1. The lowest BCUT2D eigenvalue weighted by Gasteiger charge is -2.25. The number of fused-ring (bicyclic) bond motifs is 2. The maximum Gasteiger partial charge on any atom is 0.327 e. The quantitative estimate of drug-likeness (QED) is 0.370. The van der Waals surface area contributed by atoms with E-state index >= 15 is 0 Å². The standard InChI is InChI=1S/C16H15N5O4/c1-6-10-11(7-3-4-9(25-2)8(22)5-7)12-13(17-14(10)21-20-6)18-16(24)19-15(12)23/h3-5,11,22H,1-2H3,(H4,17,18,19,20,21,23,24). The van der Waals surface area contributed by atoms with E-state index in [1.807, 2.05) is 6.92 Å². The summed E-state index contributed by atoms with van der Waals surface area (Å²) in [6.45, 7) is 1.84. The van der Waals surface area contributed by atoms with Gasteiger partial charge in [-0.15, -0.1) is 0 Å². The minimum atomic E-state index is -0.608. The van der Waals surface area contributed by atoms with E-state index in [1.54, 1.807) is 18.2 Å². The van der Waals surface area contributed by atoms with Gasteiger partial charge in [0.2, 0.25) is 0 Å². The predicted octanol–water partition coefficient (Wildman–Crippen LogP) is 1.05. The Hall–Kier alpha value is -3.49. The number of H-pyrrole nitrogens is 3. The van der Waals surface area contributed by atoms with Crippen LogP contribution in [0, 0.1) is 6.92 Å². The Balaban J connectivity index is 2.02. The zero-order valence-electron chi connectivity index (χ0n) is 13.4. The first-order valence-corrected chi connectivity index (χ1v) is 7.55. The number of anilines is 2. The van der Waals surface area contributed by atoms with Crippen molar-refractivity contribution in [3.8, 4) is 11.5 Å². The van der Waals surface area contributed by atoms with E-state index in [9.17, 15) is 14.7 Å². The summed E-state index contributed by atoms with van der Waals surface area (Å²) in [7, 11) is 1.46. The minimum Gasteiger partial charge on any atom is -0.504 e. The highest BCUT2D eigenvalue weighted by atomic mass is 16.5. The van der Waals surface area contributed by atoms with Crippen molar-refractivity contribution >= 4 is 11.6 Å². The van der Waals surface area contributed by atoms with Crippen molar-refractivity contribution in [3.63, 3.8) is 0 Å². The molecule has 4 rings (SSSR count). The summed E-state index contributed by atoms with van der Waals surface area (Å²) < 4.78 is 5.08. The summed E-state index contributed by atoms with van der Waals surface area (Å²) in [5, 5.41) is 20.2. The van der Waals surface area contributed by atoms with Crippen molar-refractivity contribution in [2.24, 2.45) is 0 Å². The molecule has 0 fully saturated rings. The first kappa shape index (κ1) is 15.1. The van der Waals surface area contributed by atoms with Crippen LogP contribution in [0.5, 0.6) is 11.5 Å². The lowest BCUT2D eigenvalue weighted by molar-refractivity contribution is 0.373. The van der Waals surface area contributed by atoms with Crippen molar-refractivity contribution in [3.05, 3.63) is 61.4 Å². The largest absolute Gasteiger partial charge is 0.504 e. The molecule has 1 aromatic carbocycles. The fourth-order valence-corrected chi connectivity index (χ4v) is 3.24. The number of phenols is 1. The van der Waals surface area contributed by atoms with Crippen molar-refractivity contribution in [1.29, 1.82) is 0 Å². The lowest BCUT2D eigenvalue weighted by atomic mass is 9.83. The highest BCUT2D eigenvalue weighted by molar-refractivity contribution is 5.71. The molecular formula is C16H15N5O4. The molecule has 0 bridgehead atoms. The van der Waals surface area contributed by atoms with E-state index in [0.29, 0.717) is 22.7 Å². The topological polar surface area (TPSA) is 136 Å². The molecule has 128 valence electrons. The van der Waals surface area contributed by atoms with Gasteiger partial charge in [0.1, 0.15) is 5.82 Å². The van der Waals surface area contributed by atoms with Gasteiger partial charge in [-0.05, 0) is 24.6 Å². The molecule has 0 spiro atoms. The number of aryl methyl sites for hydroxylation is 1. The van der Waals surface area contributed by atoms with Gasteiger partial charge in [0.25, 0.3) is 5.56 Å². The highest BCUT2D eigenvalue weighted by Crippen LogP contribution is 2.44. The van der Waals surface area contributed by atoms with E-state index < -0.39 is 17.2 Å². The third-order valence-electron chi connectivity index (χ3n) is 4.33. The molecule has 2 aromatic heterocycles. The van der Waals surface area contributed by atoms with Crippen LogP contribution in [0.3, 0.4) is 0 Å². The number of hydrogen-bond donors (Lipinski definition) is 5. The molecule has 1 aliphatic heterocycles. The molecule has 0 saturated heterocycles. The summed E-state index contributed by atoms with van der Waals surface area (Å²) in [4.78, 5) is 29.0. The number of ether oxygens (including phenoxy) is 1. The maximum atomic E-state index is 12.5. The Labute approximate surface area is 140 Å². The summed E-state index contributed by atoms with van der Waals surface area (Å²) in [6.07, 6.45) is 0. The number of aromatic amines is 3. The van der Waals surface area contributed by atoms with Gasteiger partial charge in [0, 0.05) is 17.2 Å². The predicted molar refractivity (Wildman–Crippen MR) is 89.9 cm³/mol. The molecule has 0 radical (unpaired) electrons.